The van der Waals surface area contributed by atoms with E-state index in [2.05, 4.69) is 0 Å². The summed E-state index contributed by atoms with van der Waals surface area (Å²) in [5.41, 5.74) is 0.626. The van der Waals surface area contributed by atoms with Crippen molar-refractivity contribution in [2.45, 2.75) is 0 Å². The topological polar surface area (TPSA) is 45.9 Å². The van der Waals surface area contributed by atoms with Crippen molar-refractivity contribution in [2.75, 3.05) is 26.3 Å². The van der Waals surface area contributed by atoms with E-state index in [0.717, 1.165) is 0 Å². The lowest BCUT2D eigenvalue weighted by molar-refractivity contribution is -0.138. The number of hydrazine groups is 1. The van der Waals surface area contributed by atoms with Crippen LogP contribution in [-0.4, -0.2) is 46.5 Å². The predicted molar refractivity (Wildman–Crippen MR) is 112 cm³/mol. The molecule has 2 fully saturated rings. The maximum absolute atomic E-state index is 12.8. The monoisotopic (exact) mass is 440 g/mol. The molecule has 140 valence electrons. The van der Waals surface area contributed by atoms with Gasteiger partial charge in [0.25, 0.3) is 5.91 Å². The number of halogens is 2. The molecule has 3 heterocycles. The third-order valence-corrected chi connectivity index (χ3v) is 6.07. The van der Waals surface area contributed by atoms with Gasteiger partial charge in [-0.1, -0.05) is 53.2 Å². The van der Waals surface area contributed by atoms with Crippen molar-refractivity contribution < 1.29 is 13.9 Å². The van der Waals surface area contributed by atoms with Crippen LogP contribution in [0.2, 0.25) is 10.0 Å². The van der Waals surface area contributed by atoms with Crippen molar-refractivity contribution in [3.05, 3.63) is 51.0 Å². The van der Waals surface area contributed by atoms with Crippen LogP contribution in [0.1, 0.15) is 5.76 Å². The molecule has 0 spiro atoms. The normalized spacial score (nSPS) is 20.1. The van der Waals surface area contributed by atoms with Gasteiger partial charge in [-0.25, -0.2) is 10.0 Å². The molecular weight excluding hydrogens is 427 g/mol. The van der Waals surface area contributed by atoms with Gasteiger partial charge in [-0.3, -0.25) is 4.79 Å². The van der Waals surface area contributed by atoms with E-state index in [1.165, 1.54) is 11.8 Å². The van der Waals surface area contributed by atoms with Crippen LogP contribution >= 0.6 is 47.2 Å². The number of amides is 1. The second-order valence-corrected chi connectivity index (χ2v) is 8.35. The highest BCUT2D eigenvalue weighted by Crippen LogP contribution is 2.38. The number of nitrogens with zero attached hydrogens (tertiary/aromatic N) is 2. The second kappa shape index (κ2) is 7.95. The van der Waals surface area contributed by atoms with E-state index in [4.69, 9.17) is 44.6 Å². The SMILES string of the molecule is O=C1C(=Cc2ccc(-c3c(Cl)cccc3Cl)o2)SC(=S)N1N1CCOCC1. The van der Waals surface area contributed by atoms with E-state index in [1.807, 2.05) is 5.01 Å². The van der Waals surface area contributed by atoms with Crippen LogP contribution in [0.25, 0.3) is 17.4 Å². The molecule has 4 rings (SSSR count). The average molecular weight is 441 g/mol. The van der Waals surface area contributed by atoms with Crippen LogP contribution in [0.5, 0.6) is 0 Å². The molecule has 0 saturated carbocycles. The highest BCUT2D eigenvalue weighted by Gasteiger charge is 2.37. The summed E-state index contributed by atoms with van der Waals surface area (Å²) in [7, 11) is 0. The minimum Gasteiger partial charge on any atom is -0.457 e. The number of furan rings is 1. The quantitative estimate of drug-likeness (QED) is 0.508. The van der Waals surface area contributed by atoms with Crippen molar-refractivity contribution in [1.29, 1.82) is 0 Å². The third kappa shape index (κ3) is 3.81. The van der Waals surface area contributed by atoms with Crippen molar-refractivity contribution in [1.82, 2.24) is 10.0 Å². The zero-order valence-corrected chi connectivity index (χ0v) is 17.1. The number of thioether (sulfide) groups is 1. The molecule has 0 N–H and O–H groups in total. The number of thiocarbonyl (C=S) groups is 1. The Morgan fingerprint density at radius 3 is 2.52 bits per heavy atom. The van der Waals surface area contributed by atoms with Crippen LogP contribution < -0.4 is 0 Å². The molecule has 27 heavy (non-hydrogen) atoms. The van der Waals surface area contributed by atoms with Crippen molar-refractivity contribution in [2.24, 2.45) is 0 Å². The van der Waals surface area contributed by atoms with Gasteiger partial charge in [0, 0.05) is 19.2 Å². The highest BCUT2D eigenvalue weighted by atomic mass is 35.5. The first-order valence-corrected chi connectivity index (χ1v) is 10.2. The zero-order chi connectivity index (χ0) is 19.0. The molecule has 1 amide bonds. The summed E-state index contributed by atoms with van der Waals surface area (Å²) in [6.45, 7) is 2.43. The Labute approximate surface area is 175 Å². The summed E-state index contributed by atoms with van der Waals surface area (Å²) < 4.78 is 11.7. The Bertz CT molecular complexity index is 918. The van der Waals surface area contributed by atoms with Gasteiger partial charge in [0.1, 0.15) is 11.5 Å². The highest BCUT2D eigenvalue weighted by molar-refractivity contribution is 8.26. The summed E-state index contributed by atoms with van der Waals surface area (Å²) in [6, 6.07) is 8.82. The van der Waals surface area contributed by atoms with Gasteiger partial charge >= 0.3 is 0 Å². The predicted octanol–water partition coefficient (Wildman–Crippen LogP) is 4.70. The largest absolute Gasteiger partial charge is 0.457 e. The zero-order valence-electron chi connectivity index (χ0n) is 14.0. The second-order valence-electron chi connectivity index (χ2n) is 5.86. The lowest BCUT2D eigenvalue weighted by Gasteiger charge is -2.33. The van der Waals surface area contributed by atoms with Gasteiger partial charge in [-0.15, -0.1) is 0 Å². The van der Waals surface area contributed by atoms with Crippen LogP contribution in [0.4, 0.5) is 0 Å². The fraction of sp³-hybridized carbons (Fsp3) is 0.222. The van der Waals surface area contributed by atoms with Crippen molar-refractivity contribution in [3.63, 3.8) is 0 Å². The summed E-state index contributed by atoms with van der Waals surface area (Å²) in [5.74, 6) is 0.921. The van der Waals surface area contributed by atoms with Crippen LogP contribution in [0.3, 0.4) is 0 Å². The van der Waals surface area contributed by atoms with Crippen LogP contribution in [-0.2, 0) is 9.53 Å². The Morgan fingerprint density at radius 2 is 1.81 bits per heavy atom. The Morgan fingerprint density at radius 1 is 1.11 bits per heavy atom. The Hall–Kier alpha value is -1.35. The minimum absolute atomic E-state index is 0.152. The molecule has 2 aromatic rings. The van der Waals surface area contributed by atoms with Gasteiger partial charge < -0.3 is 9.15 Å². The number of hydrogen-bond donors (Lipinski definition) is 0. The van der Waals surface area contributed by atoms with Crippen LogP contribution in [0, 0.1) is 0 Å². The third-order valence-electron chi connectivity index (χ3n) is 4.15. The first-order valence-electron chi connectivity index (χ1n) is 8.19. The molecule has 2 aliphatic heterocycles. The summed E-state index contributed by atoms with van der Waals surface area (Å²) >= 11 is 19.1. The van der Waals surface area contributed by atoms with Gasteiger partial charge in [-0.05, 0) is 24.3 Å². The molecule has 0 aliphatic carbocycles. The molecule has 1 aromatic carbocycles. The summed E-state index contributed by atoms with van der Waals surface area (Å²) in [4.78, 5) is 13.3. The molecular formula is C18H14Cl2N2O3S2. The standard InChI is InChI=1S/C18H14Cl2N2O3S2/c19-12-2-1-3-13(20)16(12)14-5-4-11(25-14)10-15-17(23)22(18(26)27-15)21-6-8-24-9-7-21/h1-5,10H,6-9H2. The van der Waals surface area contributed by atoms with E-state index in [1.54, 1.807) is 41.4 Å². The van der Waals surface area contributed by atoms with E-state index in [0.29, 0.717) is 62.7 Å². The average Bonchev–Trinajstić information content (AvgIpc) is 3.20. The molecule has 2 aliphatic rings. The number of carbonyl (C=O) groups is 1. The Balaban J connectivity index is 1.59. The van der Waals surface area contributed by atoms with Gasteiger partial charge in [-0.2, -0.15) is 0 Å². The molecule has 0 unspecified atom stereocenters. The lowest BCUT2D eigenvalue weighted by Crippen LogP contribution is -2.50. The molecule has 9 heteroatoms. The molecule has 2 saturated heterocycles. The first-order chi connectivity index (χ1) is 13.0. The van der Waals surface area contributed by atoms with Crippen molar-refractivity contribution in [3.8, 4) is 11.3 Å². The van der Waals surface area contributed by atoms with E-state index in [9.17, 15) is 4.79 Å². The lowest BCUT2D eigenvalue weighted by atomic mass is 10.2. The molecule has 5 nitrogen and oxygen atoms in total. The number of morpholine rings is 1. The van der Waals surface area contributed by atoms with Crippen LogP contribution in [0.15, 0.2) is 39.7 Å². The minimum atomic E-state index is -0.152. The number of carbonyl (C=O) groups excluding carboxylic acids is 1. The molecule has 0 atom stereocenters. The van der Waals surface area contributed by atoms with E-state index in [-0.39, 0.29) is 5.91 Å². The molecule has 1 aromatic heterocycles. The number of rotatable bonds is 3. The molecule has 0 bridgehead atoms. The molecule has 0 radical (unpaired) electrons. The Kier molecular flexibility index (Phi) is 5.59. The first kappa shape index (κ1) is 19.0. The van der Waals surface area contributed by atoms with Crippen molar-refractivity contribution >= 4 is 63.5 Å². The number of benzene rings is 1. The van der Waals surface area contributed by atoms with Gasteiger partial charge in [0.15, 0.2) is 4.32 Å². The smallest absolute Gasteiger partial charge is 0.281 e. The fourth-order valence-corrected chi connectivity index (χ4v) is 4.76. The number of ether oxygens (including phenoxy) is 1. The van der Waals surface area contributed by atoms with E-state index < -0.39 is 0 Å². The summed E-state index contributed by atoms with van der Waals surface area (Å²) in [5, 5.41) is 4.46. The maximum Gasteiger partial charge on any atom is 0.281 e. The van der Waals surface area contributed by atoms with Gasteiger partial charge in [0.2, 0.25) is 0 Å². The summed E-state index contributed by atoms with van der Waals surface area (Å²) in [6.07, 6.45) is 1.69. The number of hydrogen-bond acceptors (Lipinski definition) is 6. The van der Waals surface area contributed by atoms with E-state index >= 15 is 0 Å². The fourth-order valence-electron chi connectivity index (χ4n) is 2.88. The maximum atomic E-state index is 12.8. The van der Waals surface area contributed by atoms with Gasteiger partial charge in [0.05, 0.1) is 33.7 Å².